The van der Waals surface area contributed by atoms with E-state index in [2.05, 4.69) is 10.3 Å². The van der Waals surface area contributed by atoms with E-state index in [1.54, 1.807) is 0 Å². The molecule has 0 atom stereocenters. The van der Waals surface area contributed by atoms with Crippen LogP contribution >= 0.6 is 23.2 Å². The molecule has 0 spiro atoms. The number of halogens is 5. The minimum Gasteiger partial charge on any atom is -0.338 e. The quantitative estimate of drug-likeness (QED) is 0.840. The van der Waals surface area contributed by atoms with Crippen molar-refractivity contribution in [3.63, 3.8) is 0 Å². The molecule has 3 nitrogen and oxygen atoms in total. The highest BCUT2D eigenvalue weighted by Gasteiger charge is 2.34. The lowest BCUT2D eigenvalue weighted by Gasteiger charge is -2.15. The fraction of sp³-hybridized carbons (Fsp3) is 0.0769. The highest BCUT2D eigenvalue weighted by Crippen LogP contribution is 2.38. The zero-order valence-electron chi connectivity index (χ0n) is 10.2. The van der Waals surface area contributed by atoms with Crippen molar-refractivity contribution in [2.75, 3.05) is 5.32 Å². The first-order chi connectivity index (χ1) is 9.82. The van der Waals surface area contributed by atoms with Gasteiger partial charge in [-0.2, -0.15) is 18.4 Å². The zero-order chi connectivity index (χ0) is 15.6. The number of nitriles is 1. The number of rotatable bonds is 2. The van der Waals surface area contributed by atoms with E-state index in [-0.39, 0.29) is 27.1 Å². The summed E-state index contributed by atoms with van der Waals surface area (Å²) in [6.45, 7) is 0. The Morgan fingerprint density at radius 1 is 1.19 bits per heavy atom. The van der Waals surface area contributed by atoms with Crippen molar-refractivity contribution in [1.82, 2.24) is 4.98 Å². The number of hydrogen-bond donors (Lipinski definition) is 1. The van der Waals surface area contributed by atoms with Crippen molar-refractivity contribution in [2.24, 2.45) is 0 Å². The van der Waals surface area contributed by atoms with Crippen LogP contribution in [-0.2, 0) is 6.18 Å². The van der Waals surface area contributed by atoms with Gasteiger partial charge in [-0.05, 0) is 24.3 Å². The van der Waals surface area contributed by atoms with Gasteiger partial charge in [-0.25, -0.2) is 4.98 Å². The summed E-state index contributed by atoms with van der Waals surface area (Å²) in [5.74, 6) is -0.0384. The van der Waals surface area contributed by atoms with Crippen LogP contribution in [0.4, 0.5) is 24.7 Å². The second-order valence-corrected chi connectivity index (χ2v) is 4.76. The molecule has 0 aliphatic carbocycles. The molecular formula is C13H6Cl2F3N3. The molecule has 2 aromatic rings. The van der Waals surface area contributed by atoms with Crippen LogP contribution in [-0.4, -0.2) is 4.98 Å². The topological polar surface area (TPSA) is 48.7 Å². The van der Waals surface area contributed by atoms with Gasteiger partial charge in [0, 0.05) is 11.2 Å². The Labute approximate surface area is 127 Å². The number of nitrogens with zero attached hydrogens (tertiary/aromatic N) is 2. The summed E-state index contributed by atoms with van der Waals surface area (Å²) in [5.41, 5.74) is -1.09. The lowest BCUT2D eigenvalue weighted by molar-refractivity contribution is -0.136. The van der Waals surface area contributed by atoms with Crippen LogP contribution in [0.2, 0.25) is 10.0 Å². The maximum absolute atomic E-state index is 13.0. The number of nitrogens with one attached hydrogen (secondary N) is 1. The Bertz CT molecular complexity index is 724. The SMILES string of the molecule is N#Cc1ccnc(Nc2ccc(Cl)cc2C(F)(F)F)c1Cl. The first kappa shape index (κ1) is 15.4. The standard InChI is InChI=1S/C13H6Cl2F3N3/c14-8-1-2-10(9(5-8)13(16,17)18)21-12-11(15)7(6-19)3-4-20-12/h1-5H,(H,20,21). The van der Waals surface area contributed by atoms with E-state index >= 15 is 0 Å². The van der Waals surface area contributed by atoms with Crippen molar-refractivity contribution in [3.8, 4) is 6.07 Å². The fourth-order valence-electron chi connectivity index (χ4n) is 1.60. The smallest absolute Gasteiger partial charge is 0.338 e. The molecule has 0 radical (unpaired) electrons. The molecule has 1 N–H and O–H groups in total. The molecule has 0 aliphatic rings. The van der Waals surface area contributed by atoms with E-state index in [1.807, 2.05) is 6.07 Å². The van der Waals surface area contributed by atoms with Gasteiger partial charge in [-0.3, -0.25) is 0 Å². The number of alkyl halides is 3. The molecule has 1 heterocycles. The van der Waals surface area contributed by atoms with E-state index in [9.17, 15) is 13.2 Å². The van der Waals surface area contributed by atoms with Crippen molar-refractivity contribution in [1.29, 1.82) is 5.26 Å². The average Bonchev–Trinajstić information content (AvgIpc) is 2.42. The molecule has 1 aromatic heterocycles. The van der Waals surface area contributed by atoms with Crippen LogP contribution in [0.3, 0.4) is 0 Å². The van der Waals surface area contributed by atoms with E-state index in [4.69, 9.17) is 28.5 Å². The average molecular weight is 332 g/mol. The molecule has 0 unspecified atom stereocenters. The highest BCUT2D eigenvalue weighted by atomic mass is 35.5. The normalized spacial score (nSPS) is 11.0. The van der Waals surface area contributed by atoms with Crippen LogP contribution in [0.5, 0.6) is 0 Å². The third kappa shape index (κ3) is 3.38. The lowest BCUT2D eigenvalue weighted by Crippen LogP contribution is -2.09. The zero-order valence-corrected chi connectivity index (χ0v) is 11.7. The Morgan fingerprint density at radius 3 is 2.52 bits per heavy atom. The Hall–Kier alpha value is -1.97. The number of pyridine rings is 1. The van der Waals surface area contributed by atoms with Crippen LogP contribution < -0.4 is 5.32 Å². The number of anilines is 2. The molecule has 0 aliphatic heterocycles. The van der Waals surface area contributed by atoms with Crippen molar-refractivity contribution in [2.45, 2.75) is 6.18 Å². The first-order valence-corrected chi connectivity index (χ1v) is 6.27. The van der Waals surface area contributed by atoms with Gasteiger partial charge in [0.25, 0.3) is 0 Å². The van der Waals surface area contributed by atoms with Gasteiger partial charge in [0.2, 0.25) is 0 Å². The number of aromatic nitrogens is 1. The van der Waals surface area contributed by atoms with Crippen molar-refractivity contribution >= 4 is 34.7 Å². The third-order valence-corrected chi connectivity index (χ3v) is 3.17. The summed E-state index contributed by atoms with van der Waals surface area (Å²) in [4.78, 5) is 3.83. The van der Waals surface area contributed by atoms with Gasteiger partial charge in [0.05, 0.1) is 16.8 Å². The third-order valence-electron chi connectivity index (χ3n) is 2.55. The molecule has 0 amide bonds. The molecule has 8 heteroatoms. The molecule has 108 valence electrons. The molecule has 0 saturated heterocycles. The summed E-state index contributed by atoms with van der Waals surface area (Å²) in [6, 6.07) is 6.45. The highest BCUT2D eigenvalue weighted by molar-refractivity contribution is 6.34. The Morgan fingerprint density at radius 2 is 1.90 bits per heavy atom. The van der Waals surface area contributed by atoms with Gasteiger partial charge < -0.3 is 5.32 Å². The molecule has 0 bridgehead atoms. The van der Waals surface area contributed by atoms with Crippen LogP contribution in [0, 0.1) is 11.3 Å². The number of hydrogen-bond acceptors (Lipinski definition) is 3. The van der Waals surface area contributed by atoms with Crippen molar-refractivity contribution < 1.29 is 13.2 Å². The van der Waals surface area contributed by atoms with Crippen molar-refractivity contribution in [3.05, 3.63) is 51.6 Å². The van der Waals surface area contributed by atoms with E-state index in [1.165, 1.54) is 24.4 Å². The van der Waals surface area contributed by atoms with E-state index in [0.29, 0.717) is 0 Å². The molecule has 1 aromatic carbocycles. The second kappa shape index (κ2) is 5.80. The van der Waals surface area contributed by atoms with Gasteiger partial charge in [-0.1, -0.05) is 23.2 Å². The summed E-state index contributed by atoms with van der Waals surface area (Å²) in [5, 5.41) is 11.2. The number of benzene rings is 1. The molecular weight excluding hydrogens is 326 g/mol. The van der Waals surface area contributed by atoms with E-state index in [0.717, 1.165) is 6.07 Å². The fourth-order valence-corrected chi connectivity index (χ4v) is 1.98. The lowest BCUT2D eigenvalue weighted by atomic mass is 10.1. The Balaban J connectivity index is 2.48. The first-order valence-electron chi connectivity index (χ1n) is 5.51. The summed E-state index contributed by atoms with van der Waals surface area (Å²) in [7, 11) is 0. The van der Waals surface area contributed by atoms with Gasteiger partial charge in [-0.15, -0.1) is 0 Å². The predicted molar refractivity (Wildman–Crippen MR) is 73.7 cm³/mol. The summed E-state index contributed by atoms with van der Waals surface area (Å²) >= 11 is 11.5. The predicted octanol–water partition coefficient (Wildman–Crippen LogP) is 5.02. The van der Waals surface area contributed by atoms with Gasteiger partial charge >= 0.3 is 6.18 Å². The summed E-state index contributed by atoms with van der Waals surface area (Å²) < 4.78 is 38.9. The van der Waals surface area contributed by atoms with Crippen LogP contribution in [0.15, 0.2) is 30.5 Å². The van der Waals surface area contributed by atoms with Crippen LogP contribution in [0.25, 0.3) is 0 Å². The van der Waals surface area contributed by atoms with E-state index < -0.39 is 11.7 Å². The molecule has 21 heavy (non-hydrogen) atoms. The summed E-state index contributed by atoms with van der Waals surface area (Å²) in [6.07, 6.45) is -3.32. The molecule has 0 fully saturated rings. The minimum absolute atomic E-state index is 0.0384. The monoisotopic (exact) mass is 331 g/mol. The molecule has 0 saturated carbocycles. The molecule has 2 rings (SSSR count). The minimum atomic E-state index is -4.59. The van der Waals surface area contributed by atoms with Crippen LogP contribution in [0.1, 0.15) is 11.1 Å². The second-order valence-electron chi connectivity index (χ2n) is 3.95. The van der Waals surface area contributed by atoms with Gasteiger partial charge in [0.1, 0.15) is 11.1 Å². The maximum Gasteiger partial charge on any atom is 0.418 e. The largest absolute Gasteiger partial charge is 0.418 e. The maximum atomic E-state index is 13.0. The Kier molecular flexibility index (Phi) is 4.26. The van der Waals surface area contributed by atoms with Gasteiger partial charge in [0.15, 0.2) is 5.82 Å².